The first-order valence-corrected chi connectivity index (χ1v) is 7.88. The first kappa shape index (κ1) is 15.3. The Bertz CT molecular complexity index is 378. The van der Waals surface area contributed by atoms with Crippen molar-refractivity contribution < 1.29 is 0 Å². The van der Waals surface area contributed by atoms with Crippen LogP contribution >= 0.6 is 0 Å². The maximum Gasteiger partial charge on any atom is 0.0367 e. The number of rotatable bonds is 6. The molecule has 0 aromatic heterocycles. The first-order valence-electron chi connectivity index (χ1n) is 7.88. The van der Waals surface area contributed by atoms with Gasteiger partial charge in [-0.3, -0.25) is 0 Å². The van der Waals surface area contributed by atoms with Crippen LogP contribution in [0, 0.1) is 5.92 Å². The van der Waals surface area contributed by atoms with Crippen molar-refractivity contribution in [1.82, 2.24) is 10.2 Å². The van der Waals surface area contributed by atoms with Gasteiger partial charge in [0.1, 0.15) is 0 Å². The second-order valence-electron chi connectivity index (χ2n) is 6.32. The lowest BCUT2D eigenvalue weighted by Crippen LogP contribution is -2.44. The van der Waals surface area contributed by atoms with Crippen molar-refractivity contribution in [3.63, 3.8) is 0 Å². The van der Waals surface area contributed by atoms with Crippen molar-refractivity contribution >= 4 is 5.69 Å². The molecule has 0 aliphatic carbocycles. The Balaban J connectivity index is 1.77. The fourth-order valence-corrected chi connectivity index (χ4v) is 2.51. The van der Waals surface area contributed by atoms with E-state index in [4.69, 9.17) is 0 Å². The highest BCUT2D eigenvalue weighted by molar-refractivity contribution is 5.48. The lowest BCUT2D eigenvalue weighted by atomic mass is 10.1. The topological polar surface area (TPSA) is 18.5 Å². The first-order chi connectivity index (χ1) is 9.65. The van der Waals surface area contributed by atoms with Gasteiger partial charge in [0.05, 0.1) is 0 Å². The van der Waals surface area contributed by atoms with Crippen LogP contribution in [0.15, 0.2) is 24.3 Å². The number of nitrogens with one attached hydrogen (secondary N) is 1. The fraction of sp³-hybridized carbons (Fsp3) is 0.647. The molecule has 0 unspecified atom stereocenters. The smallest absolute Gasteiger partial charge is 0.0367 e. The average molecular weight is 275 g/mol. The molecule has 3 nitrogen and oxygen atoms in total. The van der Waals surface area contributed by atoms with E-state index in [-0.39, 0.29) is 0 Å². The molecule has 0 amide bonds. The summed E-state index contributed by atoms with van der Waals surface area (Å²) >= 11 is 0. The second-order valence-corrected chi connectivity index (χ2v) is 6.32. The van der Waals surface area contributed by atoms with Crippen LogP contribution in [0.3, 0.4) is 0 Å². The van der Waals surface area contributed by atoms with Crippen LogP contribution in [-0.4, -0.2) is 44.7 Å². The Morgan fingerprint density at radius 1 is 1.05 bits per heavy atom. The third-order valence-electron chi connectivity index (χ3n) is 4.03. The monoisotopic (exact) mass is 275 g/mol. The summed E-state index contributed by atoms with van der Waals surface area (Å²) in [5, 5.41) is 3.52. The van der Waals surface area contributed by atoms with Gasteiger partial charge in [0, 0.05) is 38.4 Å². The standard InChI is InChI=1S/C17H29N3/c1-15(2)8-9-18-14-16-4-6-17(7-5-16)20-12-10-19(3)11-13-20/h4-7,15,18H,8-14H2,1-3H3. The molecule has 0 spiro atoms. The van der Waals surface area contributed by atoms with Crippen molar-refractivity contribution in [1.29, 1.82) is 0 Å². The average Bonchev–Trinajstić information content (AvgIpc) is 2.45. The zero-order valence-corrected chi connectivity index (χ0v) is 13.2. The second kappa shape index (κ2) is 7.65. The van der Waals surface area contributed by atoms with Gasteiger partial charge in [-0.05, 0) is 43.6 Å². The zero-order valence-electron chi connectivity index (χ0n) is 13.2. The van der Waals surface area contributed by atoms with Crippen LogP contribution < -0.4 is 10.2 Å². The van der Waals surface area contributed by atoms with Gasteiger partial charge in [0.25, 0.3) is 0 Å². The molecule has 0 bridgehead atoms. The normalized spacial score (nSPS) is 16.9. The largest absolute Gasteiger partial charge is 0.369 e. The Morgan fingerprint density at radius 2 is 1.70 bits per heavy atom. The minimum atomic E-state index is 0.780. The highest BCUT2D eigenvalue weighted by Crippen LogP contribution is 2.17. The van der Waals surface area contributed by atoms with Crippen LogP contribution in [0.1, 0.15) is 25.8 Å². The van der Waals surface area contributed by atoms with E-state index in [0.29, 0.717) is 0 Å². The van der Waals surface area contributed by atoms with Crippen molar-refractivity contribution in [3.8, 4) is 0 Å². The zero-order chi connectivity index (χ0) is 14.4. The van der Waals surface area contributed by atoms with Crippen molar-refractivity contribution in [2.45, 2.75) is 26.8 Å². The SMILES string of the molecule is CC(C)CCNCc1ccc(N2CCN(C)CC2)cc1. The minimum absolute atomic E-state index is 0.780. The van der Waals surface area contributed by atoms with Crippen molar-refractivity contribution in [2.75, 3.05) is 44.7 Å². The van der Waals surface area contributed by atoms with Crippen LogP contribution in [0.2, 0.25) is 0 Å². The number of anilines is 1. The summed E-state index contributed by atoms with van der Waals surface area (Å²) in [5.74, 6) is 0.780. The summed E-state index contributed by atoms with van der Waals surface area (Å²) < 4.78 is 0. The molecular formula is C17H29N3. The maximum absolute atomic E-state index is 3.52. The number of likely N-dealkylation sites (N-methyl/N-ethyl adjacent to an activating group) is 1. The van der Waals surface area contributed by atoms with Gasteiger partial charge < -0.3 is 15.1 Å². The molecular weight excluding hydrogens is 246 g/mol. The fourth-order valence-electron chi connectivity index (χ4n) is 2.51. The van der Waals surface area contributed by atoms with Crippen LogP contribution in [0.4, 0.5) is 5.69 Å². The van der Waals surface area contributed by atoms with Crippen LogP contribution in [-0.2, 0) is 6.54 Å². The van der Waals surface area contributed by atoms with Crippen molar-refractivity contribution in [2.24, 2.45) is 5.92 Å². The van der Waals surface area contributed by atoms with Crippen LogP contribution in [0.25, 0.3) is 0 Å². The molecule has 1 aliphatic rings. The summed E-state index contributed by atoms with van der Waals surface area (Å²) in [6, 6.07) is 9.06. The third kappa shape index (κ3) is 4.80. The molecule has 0 saturated carbocycles. The molecule has 2 rings (SSSR count). The summed E-state index contributed by atoms with van der Waals surface area (Å²) in [6.07, 6.45) is 1.25. The van der Waals surface area contributed by atoms with E-state index >= 15 is 0 Å². The number of hydrogen-bond acceptors (Lipinski definition) is 3. The summed E-state index contributed by atoms with van der Waals surface area (Å²) in [5.41, 5.74) is 2.75. The van der Waals surface area contributed by atoms with E-state index in [1.807, 2.05) is 0 Å². The van der Waals surface area contributed by atoms with E-state index in [0.717, 1.165) is 32.1 Å². The Labute approximate surface area is 124 Å². The molecule has 1 aromatic carbocycles. The van der Waals surface area contributed by atoms with E-state index in [2.05, 4.69) is 60.3 Å². The number of benzene rings is 1. The third-order valence-corrected chi connectivity index (χ3v) is 4.03. The Kier molecular flexibility index (Phi) is 5.86. The molecule has 20 heavy (non-hydrogen) atoms. The lowest BCUT2D eigenvalue weighted by molar-refractivity contribution is 0.313. The molecule has 1 aliphatic heterocycles. The summed E-state index contributed by atoms with van der Waals surface area (Å²) in [6.45, 7) is 11.2. The minimum Gasteiger partial charge on any atom is -0.369 e. The van der Waals surface area contributed by atoms with Gasteiger partial charge in [0.2, 0.25) is 0 Å². The van der Waals surface area contributed by atoms with Crippen LogP contribution in [0.5, 0.6) is 0 Å². The van der Waals surface area contributed by atoms with Gasteiger partial charge in [-0.1, -0.05) is 26.0 Å². The number of nitrogens with zero attached hydrogens (tertiary/aromatic N) is 2. The molecule has 1 N–H and O–H groups in total. The van der Waals surface area contributed by atoms with Gasteiger partial charge in [-0.2, -0.15) is 0 Å². The number of piperazine rings is 1. The van der Waals surface area contributed by atoms with Gasteiger partial charge >= 0.3 is 0 Å². The molecule has 1 saturated heterocycles. The van der Waals surface area contributed by atoms with Gasteiger partial charge in [0.15, 0.2) is 0 Å². The molecule has 0 atom stereocenters. The Morgan fingerprint density at radius 3 is 2.30 bits per heavy atom. The van der Waals surface area contributed by atoms with E-state index < -0.39 is 0 Å². The quantitative estimate of drug-likeness (QED) is 0.805. The van der Waals surface area contributed by atoms with E-state index in [9.17, 15) is 0 Å². The molecule has 0 radical (unpaired) electrons. The van der Waals surface area contributed by atoms with E-state index in [1.165, 1.54) is 30.8 Å². The Hall–Kier alpha value is -1.06. The predicted molar refractivity (Wildman–Crippen MR) is 87.3 cm³/mol. The van der Waals surface area contributed by atoms with Crippen molar-refractivity contribution in [3.05, 3.63) is 29.8 Å². The molecule has 112 valence electrons. The molecule has 1 aromatic rings. The maximum atomic E-state index is 3.52. The van der Waals surface area contributed by atoms with Gasteiger partial charge in [-0.25, -0.2) is 0 Å². The highest BCUT2D eigenvalue weighted by atomic mass is 15.2. The predicted octanol–water partition coefficient (Wildman–Crippen LogP) is 2.57. The molecule has 1 fully saturated rings. The number of hydrogen-bond donors (Lipinski definition) is 1. The summed E-state index contributed by atoms with van der Waals surface area (Å²) in [7, 11) is 2.20. The summed E-state index contributed by atoms with van der Waals surface area (Å²) in [4.78, 5) is 4.87. The lowest BCUT2D eigenvalue weighted by Gasteiger charge is -2.34. The molecule has 1 heterocycles. The van der Waals surface area contributed by atoms with E-state index in [1.54, 1.807) is 0 Å². The highest BCUT2D eigenvalue weighted by Gasteiger charge is 2.13. The molecule has 3 heteroatoms. The van der Waals surface area contributed by atoms with Gasteiger partial charge in [-0.15, -0.1) is 0 Å².